The average molecular weight is 379 g/mol. The summed E-state index contributed by atoms with van der Waals surface area (Å²) < 4.78 is 33.2. The van der Waals surface area contributed by atoms with Crippen molar-refractivity contribution in [3.05, 3.63) is 47.6 Å². The van der Waals surface area contributed by atoms with Crippen LogP contribution in [0.2, 0.25) is 0 Å². The molecule has 1 aromatic carbocycles. The number of nitrogens with one attached hydrogen (secondary N) is 1. The van der Waals surface area contributed by atoms with Gasteiger partial charge in [-0.25, -0.2) is 4.79 Å². The van der Waals surface area contributed by atoms with Crippen LogP contribution in [0.15, 0.2) is 42.0 Å². The number of alkyl halides is 2. The second-order valence-corrected chi connectivity index (χ2v) is 6.10. The molecular formula is C20H23F2NO4. The second kappa shape index (κ2) is 11.1. The van der Waals surface area contributed by atoms with Crippen molar-refractivity contribution in [2.75, 3.05) is 13.2 Å². The van der Waals surface area contributed by atoms with Crippen LogP contribution < -0.4 is 10.1 Å². The van der Waals surface area contributed by atoms with Gasteiger partial charge in [0.2, 0.25) is 0 Å². The normalized spacial score (nSPS) is 14.1. The number of hydrogen-bond acceptors (Lipinski definition) is 4. The summed E-state index contributed by atoms with van der Waals surface area (Å²) in [5.41, 5.74) is 1.98. The Balaban J connectivity index is 1.65. The lowest BCUT2D eigenvalue weighted by Crippen LogP contribution is -2.29. The third kappa shape index (κ3) is 8.48. The van der Waals surface area contributed by atoms with Crippen molar-refractivity contribution < 1.29 is 27.8 Å². The molecule has 1 aromatic rings. The van der Waals surface area contributed by atoms with E-state index in [1.54, 1.807) is 0 Å². The molecule has 146 valence electrons. The van der Waals surface area contributed by atoms with E-state index in [1.807, 2.05) is 0 Å². The van der Waals surface area contributed by atoms with E-state index in [0.29, 0.717) is 12.1 Å². The summed E-state index contributed by atoms with van der Waals surface area (Å²) in [5, 5.41) is 2.72. The molecule has 2 rings (SSSR count). The van der Waals surface area contributed by atoms with Gasteiger partial charge < -0.3 is 14.8 Å². The van der Waals surface area contributed by atoms with Gasteiger partial charge in [0.1, 0.15) is 5.75 Å². The van der Waals surface area contributed by atoms with Crippen LogP contribution >= 0.6 is 0 Å². The third-order valence-electron chi connectivity index (χ3n) is 4.02. The van der Waals surface area contributed by atoms with Crippen LogP contribution in [0.25, 0.3) is 6.08 Å². The fourth-order valence-electron chi connectivity index (χ4n) is 2.65. The van der Waals surface area contributed by atoms with Gasteiger partial charge in [-0.2, -0.15) is 8.78 Å². The SMILES string of the molecule is O=C(COC(=O)/C=C/c1ccc(OC(F)F)cc1)NCCC1=CCCCC1. The summed E-state index contributed by atoms with van der Waals surface area (Å²) in [7, 11) is 0. The summed E-state index contributed by atoms with van der Waals surface area (Å²) in [6.07, 6.45) is 10.3. The molecule has 0 unspecified atom stereocenters. The molecule has 7 heteroatoms. The lowest BCUT2D eigenvalue weighted by atomic mass is 9.97. The molecule has 0 radical (unpaired) electrons. The van der Waals surface area contributed by atoms with Gasteiger partial charge in [0.25, 0.3) is 5.91 Å². The topological polar surface area (TPSA) is 64.6 Å². The predicted molar refractivity (Wildman–Crippen MR) is 97.2 cm³/mol. The van der Waals surface area contributed by atoms with Crippen LogP contribution in [0.5, 0.6) is 5.75 Å². The Bertz CT molecular complexity index is 684. The van der Waals surface area contributed by atoms with Crippen LogP contribution in [0.3, 0.4) is 0 Å². The Morgan fingerprint density at radius 1 is 1.19 bits per heavy atom. The van der Waals surface area contributed by atoms with Crippen molar-refractivity contribution in [1.29, 1.82) is 0 Å². The summed E-state index contributed by atoms with van der Waals surface area (Å²) >= 11 is 0. The van der Waals surface area contributed by atoms with Gasteiger partial charge in [-0.1, -0.05) is 23.8 Å². The molecule has 0 saturated carbocycles. The van der Waals surface area contributed by atoms with Gasteiger partial charge in [0.15, 0.2) is 6.61 Å². The van der Waals surface area contributed by atoms with E-state index in [-0.39, 0.29) is 18.3 Å². The molecule has 27 heavy (non-hydrogen) atoms. The number of ether oxygens (including phenoxy) is 2. The minimum absolute atomic E-state index is 0.0328. The van der Waals surface area contributed by atoms with Crippen LogP contribution in [0, 0.1) is 0 Å². The molecule has 0 bridgehead atoms. The molecule has 0 spiro atoms. The largest absolute Gasteiger partial charge is 0.452 e. The number of carbonyl (C=O) groups excluding carboxylic acids is 2. The number of esters is 1. The first-order valence-corrected chi connectivity index (χ1v) is 8.87. The molecule has 1 aliphatic carbocycles. The van der Waals surface area contributed by atoms with Gasteiger partial charge in [-0.15, -0.1) is 0 Å². The molecule has 1 aliphatic rings. The van der Waals surface area contributed by atoms with Crippen LogP contribution in [0.1, 0.15) is 37.7 Å². The van der Waals surface area contributed by atoms with E-state index in [1.165, 1.54) is 54.8 Å². The Labute approximate surface area is 157 Å². The molecule has 1 amide bonds. The van der Waals surface area contributed by atoms with E-state index in [9.17, 15) is 18.4 Å². The number of rotatable bonds is 9. The Hall–Kier alpha value is -2.70. The number of carbonyl (C=O) groups is 2. The quantitative estimate of drug-likeness (QED) is 0.402. The number of benzene rings is 1. The van der Waals surface area contributed by atoms with Crippen LogP contribution in [-0.4, -0.2) is 31.6 Å². The highest BCUT2D eigenvalue weighted by atomic mass is 19.3. The Kier molecular flexibility index (Phi) is 8.48. The van der Waals surface area contributed by atoms with Crippen molar-refractivity contribution in [1.82, 2.24) is 5.32 Å². The summed E-state index contributed by atoms with van der Waals surface area (Å²) in [6, 6.07) is 5.78. The van der Waals surface area contributed by atoms with Gasteiger partial charge in [0.05, 0.1) is 0 Å². The summed E-state index contributed by atoms with van der Waals surface area (Å²) in [6.45, 7) is -2.69. The predicted octanol–water partition coefficient (Wildman–Crippen LogP) is 3.85. The van der Waals surface area contributed by atoms with E-state index in [4.69, 9.17) is 4.74 Å². The first kappa shape index (κ1) is 20.6. The molecule has 0 aromatic heterocycles. The van der Waals surface area contributed by atoms with Crippen LogP contribution in [-0.2, 0) is 14.3 Å². The number of hydrogen-bond donors (Lipinski definition) is 1. The number of amides is 1. The maximum absolute atomic E-state index is 12.1. The molecule has 0 saturated heterocycles. The maximum Gasteiger partial charge on any atom is 0.387 e. The highest BCUT2D eigenvalue weighted by Crippen LogP contribution is 2.19. The highest BCUT2D eigenvalue weighted by molar-refractivity contribution is 5.89. The van der Waals surface area contributed by atoms with Crippen molar-refractivity contribution >= 4 is 18.0 Å². The van der Waals surface area contributed by atoms with Gasteiger partial charge in [-0.3, -0.25) is 4.79 Å². The second-order valence-electron chi connectivity index (χ2n) is 6.10. The molecule has 0 fully saturated rings. The summed E-state index contributed by atoms with van der Waals surface area (Å²) in [5.74, 6) is -0.972. The highest BCUT2D eigenvalue weighted by Gasteiger charge is 2.07. The monoisotopic (exact) mass is 379 g/mol. The van der Waals surface area contributed by atoms with Crippen molar-refractivity contribution in [2.24, 2.45) is 0 Å². The van der Waals surface area contributed by atoms with E-state index in [0.717, 1.165) is 19.3 Å². The molecular weight excluding hydrogens is 356 g/mol. The minimum Gasteiger partial charge on any atom is -0.452 e. The molecule has 0 atom stereocenters. The van der Waals surface area contributed by atoms with Gasteiger partial charge in [0, 0.05) is 12.6 Å². The van der Waals surface area contributed by atoms with E-state index in [2.05, 4.69) is 16.1 Å². The molecule has 1 N–H and O–H groups in total. The zero-order valence-corrected chi connectivity index (χ0v) is 15.0. The zero-order valence-electron chi connectivity index (χ0n) is 15.0. The summed E-state index contributed by atoms with van der Waals surface area (Å²) in [4.78, 5) is 23.3. The zero-order chi connectivity index (χ0) is 19.5. The van der Waals surface area contributed by atoms with Gasteiger partial charge in [-0.05, 0) is 55.9 Å². The Morgan fingerprint density at radius 2 is 1.96 bits per heavy atom. The lowest BCUT2D eigenvalue weighted by Gasteiger charge is -2.12. The molecule has 5 nitrogen and oxygen atoms in total. The number of halogens is 2. The number of allylic oxidation sites excluding steroid dienone is 1. The van der Waals surface area contributed by atoms with Crippen LogP contribution in [0.4, 0.5) is 8.78 Å². The minimum atomic E-state index is -2.88. The average Bonchev–Trinajstić information content (AvgIpc) is 2.66. The first-order chi connectivity index (χ1) is 13.0. The molecule has 0 aliphatic heterocycles. The smallest absolute Gasteiger partial charge is 0.387 e. The third-order valence-corrected chi connectivity index (χ3v) is 4.02. The fraction of sp³-hybridized carbons (Fsp3) is 0.400. The van der Waals surface area contributed by atoms with Gasteiger partial charge >= 0.3 is 12.6 Å². The van der Waals surface area contributed by atoms with E-state index >= 15 is 0 Å². The van der Waals surface area contributed by atoms with Crippen molar-refractivity contribution in [3.8, 4) is 5.75 Å². The van der Waals surface area contributed by atoms with E-state index < -0.39 is 12.6 Å². The first-order valence-electron chi connectivity index (χ1n) is 8.87. The maximum atomic E-state index is 12.1. The fourth-order valence-corrected chi connectivity index (χ4v) is 2.65. The lowest BCUT2D eigenvalue weighted by molar-refractivity contribution is -0.143. The Morgan fingerprint density at radius 3 is 2.63 bits per heavy atom. The van der Waals surface area contributed by atoms with Crippen molar-refractivity contribution in [2.45, 2.75) is 38.7 Å². The molecule has 0 heterocycles. The standard InChI is InChI=1S/C20H23F2NO4/c21-20(22)27-17-9-6-16(7-10-17)8-11-19(25)26-14-18(24)23-13-12-15-4-2-1-3-5-15/h4,6-11,20H,1-3,5,12-14H2,(H,23,24)/b11-8+. The van der Waals surface area contributed by atoms with Crippen molar-refractivity contribution in [3.63, 3.8) is 0 Å².